The van der Waals surface area contributed by atoms with Gasteiger partial charge in [-0.25, -0.2) is 4.79 Å². The maximum Gasteiger partial charge on any atom is 0.352 e. The highest BCUT2D eigenvalue weighted by molar-refractivity contribution is 7.98. The number of aromatic carboxylic acids is 1. The summed E-state index contributed by atoms with van der Waals surface area (Å²) < 4.78 is 16.0. The number of thioether (sulfide) groups is 2. The van der Waals surface area contributed by atoms with Crippen molar-refractivity contribution in [1.82, 2.24) is 19.5 Å². The monoisotopic (exact) mass is 670 g/mol. The number of carboxylic acids is 1. The molecule has 0 fully saturated rings. The maximum absolute atomic E-state index is 12.8. The molecule has 0 unspecified atom stereocenters. The van der Waals surface area contributed by atoms with Crippen molar-refractivity contribution in [1.29, 1.82) is 0 Å². The quantitative estimate of drug-likeness (QED) is 0.186. The van der Waals surface area contributed by atoms with Crippen molar-refractivity contribution >= 4 is 62.8 Å². The van der Waals surface area contributed by atoms with E-state index < -0.39 is 5.97 Å². The van der Waals surface area contributed by atoms with Gasteiger partial charge in [-0.05, 0) is 54.8 Å². The van der Waals surface area contributed by atoms with Gasteiger partial charge in [0.1, 0.15) is 17.2 Å². The van der Waals surface area contributed by atoms with Crippen LogP contribution in [-0.2, 0) is 43.7 Å². The molecular weight excluding hydrogens is 640 g/mol. The van der Waals surface area contributed by atoms with E-state index in [1.807, 2.05) is 41.9 Å². The van der Waals surface area contributed by atoms with Crippen LogP contribution in [0.3, 0.4) is 0 Å². The molecule has 0 amide bonds. The van der Waals surface area contributed by atoms with Crippen LogP contribution in [0, 0.1) is 0 Å². The molecule has 8 nitrogen and oxygen atoms in total. The van der Waals surface area contributed by atoms with E-state index in [0.29, 0.717) is 41.7 Å². The van der Waals surface area contributed by atoms with Gasteiger partial charge in [-0.2, -0.15) is 5.10 Å². The van der Waals surface area contributed by atoms with Crippen LogP contribution in [0.5, 0.6) is 5.75 Å². The van der Waals surface area contributed by atoms with E-state index in [1.165, 1.54) is 0 Å². The van der Waals surface area contributed by atoms with E-state index in [2.05, 4.69) is 34.1 Å². The number of aryl methyl sites for hydroxylation is 3. The molecule has 2 aliphatic rings. The normalized spacial score (nSPS) is 15.4. The number of aromatic nitrogens is 4. The van der Waals surface area contributed by atoms with Crippen LogP contribution in [0.2, 0.25) is 5.02 Å². The fourth-order valence-corrected chi connectivity index (χ4v) is 8.86. The number of rotatable bonds is 1. The second-order valence-electron chi connectivity index (χ2n) is 11.8. The number of nitrogens with zero attached hydrogens (tertiary/aromatic N) is 4. The van der Waals surface area contributed by atoms with Crippen molar-refractivity contribution in [3.8, 4) is 16.9 Å². The van der Waals surface area contributed by atoms with Gasteiger partial charge in [-0.15, -0.1) is 23.5 Å². The maximum atomic E-state index is 12.8. The molecule has 0 spiro atoms. The number of halogens is 1. The van der Waals surface area contributed by atoms with Gasteiger partial charge < -0.3 is 18.9 Å². The molecule has 0 saturated heterocycles. The van der Waals surface area contributed by atoms with E-state index in [4.69, 9.17) is 26.0 Å². The predicted molar refractivity (Wildman–Crippen MR) is 183 cm³/mol. The molecule has 3 aromatic carbocycles. The molecule has 0 radical (unpaired) electrons. The zero-order valence-corrected chi connectivity index (χ0v) is 27.6. The van der Waals surface area contributed by atoms with Crippen molar-refractivity contribution in [2.75, 3.05) is 6.61 Å². The van der Waals surface area contributed by atoms with E-state index in [0.717, 1.165) is 91.2 Å². The molecule has 11 heteroatoms. The highest BCUT2D eigenvalue weighted by Crippen LogP contribution is 2.44. The minimum absolute atomic E-state index is 0.283. The summed E-state index contributed by atoms with van der Waals surface area (Å²) in [6, 6.07) is 18.4. The number of hydrogen-bond donors (Lipinski definition) is 1. The molecule has 234 valence electrons. The third-order valence-electron chi connectivity index (χ3n) is 8.88. The van der Waals surface area contributed by atoms with Crippen molar-refractivity contribution in [2.24, 2.45) is 7.05 Å². The number of fused-ring (bicyclic) bond motifs is 10. The summed E-state index contributed by atoms with van der Waals surface area (Å²) in [6.07, 6.45) is 3.12. The largest absolute Gasteiger partial charge is 0.493 e. The van der Waals surface area contributed by atoms with Crippen molar-refractivity contribution in [2.45, 2.75) is 54.4 Å². The lowest BCUT2D eigenvalue weighted by Crippen LogP contribution is -2.09. The van der Waals surface area contributed by atoms with Gasteiger partial charge in [0.05, 0.1) is 34.3 Å². The van der Waals surface area contributed by atoms with Gasteiger partial charge in [0, 0.05) is 63.7 Å². The Kier molecular flexibility index (Phi) is 7.74. The first-order valence-electron chi connectivity index (χ1n) is 15.4. The van der Waals surface area contributed by atoms with Gasteiger partial charge in [0.15, 0.2) is 0 Å². The summed E-state index contributed by atoms with van der Waals surface area (Å²) in [5.41, 5.74) is 6.81. The Hall–Kier alpha value is -3.86. The first-order chi connectivity index (χ1) is 22.5. The fraction of sp³-hybridized carbons (Fsp3) is 0.286. The van der Waals surface area contributed by atoms with E-state index >= 15 is 0 Å². The minimum Gasteiger partial charge on any atom is -0.493 e. The van der Waals surface area contributed by atoms with E-state index in [1.54, 1.807) is 23.5 Å². The van der Waals surface area contributed by atoms with Crippen LogP contribution in [0.25, 0.3) is 32.8 Å². The molecule has 2 aliphatic heterocycles. The minimum atomic E-state index is -0.954. The lowest BCUT2D eigenvalue weighted by molar-refractivity contribution is 0.0685. The van der Waals surface area contributed by atoms with Gasteiger partial charge >= 0.3 is 5.97 Å². The topological polar surface area (TPSA) is 95.3 Å². The summed E-state index contributed by atoms with van der Waals surface area (Å²) in [6.45, 7) is 1.30. The van der Waals surface area contributed by atoms with Crippen LogP contribution in [0.1, 0.15) is 51.7 Å². The van der Waals surface area contributed by atoms with Gasteiger partial charge in [-0.3, -0.25) is 4.68 Å². The third-order valence-corrected chi connectivity index (χ3v) is 11.2. The van der Waals surface area contributed by atoms with Gasteiger partial charge in [0.2, 0.25) is 0 Å². The molecule has 3 aromatic heterocycles. The molecule has 8 rings (SSSR count). The van der Waals surface area contributed by atoms with Crippen LogP contribution in [0.15, 0.2) is 64.0 Å². The molecule has 6 aromatic rings. The van der Waals surface area contributed by atoms with Gasteiger partial charge in [0.25, 0.3) is 0 Å². The Morgan fingerprint density at radius 1 is 1.00 bits per heavy atom. The summed E-state index contributed by atoms with van der Waals surface area (Å²) in [5, 5.41) is 23.5. The first-order valence-corrected chi connectivity index (χ1v) is 17.9. The molecule has 5 heterocycles. The van der Waals surface area contributed by atoms with Crippen LogP contribution < -0.4 is 4.74 Å². The Morgan fingerprint density at radius 2 is 1.89 bits per heavy atom. The average molecular weight is 671 g/mol. The van der Waals surface area contributed by atoms with E-state index in [9.17, 15) is 9.90 Å². The highest BCUT2D eigenvalue weighted by atomic mass is 35.5. The second kappa shape index (κ2) is 12.1. The summed E-state index contributed by atoms with van der Waals surface area (Å²) >= 11 is 10.5. The highest BCUT2D eigenvalue weighted by Gasteiger charge is 2.29. The molecule has 8 bridgehead atoms. The predicted octanol–water partition coefficient (Wildman–Crippen LogP) is 8.53. The molecule has 0 saturated carbocycles. The number of hydrogen-bond acceptors (Lipinski definition) is 7. The lowest BCUT2D eigenvalue weighted by Gasteiger charge is -2.12. The van der Waals surface area contributed by atoms with Gasteiger partial charge in [-0.1, -0.05) is 47.1 Å². The average Bonchev–Trinajstić information content (AvgIpc) is 3.82. The van der Waals surface area contributed by atoms with Crippen molar-refractivity contribution in [3.05, 3.63) is 93.7 Å². The SMILES string of the molecule is Cn1c(C(=O)O)c2c3ccc(Cl)c(c31)-c1c(nn3c1CCC3)CSCc1cc(on1)CSc1cc(c3ccccc3c1)OCCC2. The van der Waals surface area contributed by atoms with Crippen LogP contribution in [-0.4, -0.2) is 37.2 Å². The number of carboxylic acid groups (broad SMARTS) is 1. The number of carbonyl (C=O) groups is 1. The van der Waals surface area contributed by atoms with Crippen LogP contribution in [0.4, 0.5) is 0 Å². The van der Waals surface area contributed by atoms with E-state index in [-0.39, 0.29) is 5.69 Å². The van der Waals surface area contributed by atoms with Crippen LogP contribution >= 0.6 is 35.1 Å². The molecular formula is C35H31ClN4O4S2. The first kappa shape index (κ1) is 29.5. The van der Waals surface area contributed by atoms with Crippen molar-refractivity contribution < 1.29 is 19.2 Å². The number of ether oxygens (including phenoxy) is 1. The third kappa shape index (κ3) is 5.16. The second-order valence-corrected chi connectivity index (χ2v) is 14.2. The lowest BCUT2D eigenvalue weighted by atomic mass is 9.97. The number of benzene rings is 3. The Balaban J connectivity index is 1.25. The summed E-state index contributed by atoms with van der Waals surface area (Å²) in [7, 11) is 1.83. The molecule has 1 N–H and O–H groups in total. The van der Waals surface area contributed by atoms with Crippen molar-refractivity contribution in [3.63, 3.8) is 0 Å². The Morgan fingerprint density at radius 3 is 2.78 bits per heavy atom. The summed E-state index contributed by atoms with van der Waals surface area (Å²) in [5.74, 6) is 2.69. The Bertz CT molecular complexity index is 2150. The Labute approximate surface area is 279 Å². The zero-order valence-electron chi connectivity index (χ0n) is 25.2. The standard InChI is InChI=1S/C35H31ClN4O4S2/c1-39-33-26-10-11-27(36)31(33)32-28(37-40-12-4-9-29(32)40)19-45-17-21-15-22(44-38-21)18-46-23-14-20-6-2-3-7-24(20)30(16-23)43-13-5-8-25(26)34(39)35(41)42/h2-3,6-7,10-11,14-16H,4-5,8-9,12-13,17-19H2,1H3,(H,41,42). The molecule has 0 aliphatic carbocycles. The smallest absolute Gasteiger partial charge is 0.352 e. The summed E-state index contributed by atoms with van der Waals surface area (Å²) in [4.78, 5) is 13.8. The molecule has 0 atom stereocenters. The zero-order chi connectivity index (χ0) is 31.4. The molecule has 46 heavy (non-hydrogen) atoms. The fourth-order valence-electron chi connectivity index (χ4n) is 6.92.